The van der Waals surface area contributed by atoms with Gasteiger partial charge in [0.25, 0.3) is 17.4 Å². The molecular weight excluding hydrogens is 452 g/mol. The highest BCUT2D eigenvalue weighted by molar-refractivity contribution is 6.67. The number of nitrogens with zero attached hydrogens (tertiary/aromatic N) is 5. The molecule has 3 rings (SSSR count). The van der Waals surface area contributed by atoms with Crippen LogP contribution in [0.3, 0.4) is 0 Å². The third kappa shape index (κ3) is 6.14. The molecule has 2 heterocycles. The van der Waals surface area contributed by atoms with Gasteiger partial charge in [0.15, 0.2) is 11.4 Å². The number of amides is 2. The van der Waals surface area contributed by atoms with Crippen molar-refractivity contribution >= 4 is 34.6 Å². The fourth-order valence-electron chi connectivity index (χ4n) is 4.10. The van der Waals surface area contributed by atoms with E-state index in [1.807, 2.05) is 0 Å². The second-order valence-electron chi connectivity index (χ2n) is 8.73. The van der Waals surface area contributed by atoms with Crippen molar-refractivity contribution in [1.29, 1.82) is 5.41 Å². The number of carbonyl (C=O) groups is 2. The second-order valence-corrected chi connectivity index (χ2v) is 8.73. The molecular formula is C23H31N8O4+. The molecule has 0 aliphatic heterocycles. The molecule has 1 saturated carbocycles. The molecule has 0 saturated heterocycles. The van der Waals surface area contributed by atoms with E-state index in [9.17, 15) is 14.4 Å². The lowest BCUT2D eigenvalue weighted by molar-refractivity contribution is -0.113. The number of nitrogens with one attached hydrogen (secondary N) is 3. The van der Waals surface area contributed by atoms with Crippen LogP contribution in [-0.4, -0.2) is 54.1 Å². The molecule has 1 aliphatic rings. The standard InChI is InChI=1S/C23H30N8O4/c1-4-18(30-35)19(24)22(33)28-20(15-7-5-13(2)6-8-15)23(34)27-16-11-26-31(12-16)14(3)17-9-10-25-29-21(17)32/h9-15,24,35H,4-8H2,1-3H3,(H,27,34)(H,29,32)/p+1/b24-19?,28-20?,30-18-. The number of hydrogen-bond donors (Lipinski definition) is 3. The van der Waals surface area contributed by atoms with E-state index in [0.29, 0.717) is 30.0 Å². The molecule has 2 aromatic heterocycles. The van der Waals surface area contributed by atoms with Crippen molar-refractivity contribution in [3.05, 3.63) is 40.6 Å². The van der Waals surface area contributed by atoms with E-state index >= 15 is 0 Å². The maximum atomic E-state index is 13.2. The first kappa shape index (κ1) is 25.7. The van der Waals surface area contributed by atoms with Crippen molar-refractivity contribution in [3.8, 4) is 0 Å². The number of hydrogen-bond acceptors (Lipinski definition) is 7. The second kappa shape index (κ2) is 11.4. The Kier molecular flexibility index (Phi) is 8.39. The number of rotatable bonds is 8. The summed E-state index contributed by atoms with van der Waals surface area (Å²) < 4.78 is 1.54. The van der Waals surface area contributed by atoms with Gasteiger partial charge in [-0.05, 0) is 38.2 Å². The number of anilines is 1. The van der Waals surface area contributed by atoms with Gasteiger partial charge in [0.1, 0.15) is 5.71 Å². The van der Waals surface area contributed by atoms with Gasteiger partial charge in [-0.2, -0.15) is 10.2 Å². The van der Waals surface area contributed by atoms with Crippen LogP contribution < -0.4 is 10.9 Å². The third-order valence-corrected chi connectivity index (χ3v) is 6.29. The van der Waals surface area contributed by atoms with Gasteiger partial charge in [0.2, 0.25) is 0 Å². The van der Waals surface area contributed by atoms with Crippen molar-refractivity contribution < 1.29 is 14.8 Å². The Hall–Kier alpha value is -3.96. The van der Waals surface area contributed by atoms with Crippen LogP contribution in [0.15, 0.2) is 39.6 Å². The average molecular weight is 484 g/mol. The molecule has 12 nitrogen and oxygen atoms in total. The zero-order chi connectivity index (χ0) is 25.5. The molecule has 2 amide bonds. The molecule has 1 fully saturated rings. The van der Waals surface area contributed by atoms with Crippen LogP contribution in [0.1, 0.15) is 64.5 Å². The van der Waals surface area contributed by atoms with Crippen LogP contribution in [0.4, 0.5) is 5.69 Å². The minimum atomic E-state index is -0.886. The Morgan fingerprint density at radius 2 is 2.06 bits per heavy atom. The molecule has 0 radical (unpaired) electrons. The molecule has 0 bridgehead atoms. The first-order valence-electron chi connectivity index (χ1n) is 11.6. The van der Waals surface area contributed by atoms with E-state index in [4.69, 9.17) is 10.6 Å². The predicted molar refractivity (Wildman–Crippen MR) is 132 cm³/mol. The number of carbonyl (C=O) groups excluding carboxylic acids is 2. The summed E-state index contributed by atoms with van der Waals surface area (Å²) in [4.78, 5) is 42.0. The van der Waals surface area contributed by atoms with E-state index in [0.717, 1.165) is 12.8 Å². The summed E-state index contributed by atoms with van der Waals surface area (Å²) in [5, 5.41) is 31.5. The maximum Gasteiger partial charge on any atom is 0.297 e. The number of aromatic nitrogens is 4. The highest BCUT2D eigenvalue weighted by Gasteiger charge is 2.29. The molecule has 1 atom stereocenters. The van der Waals surface area contributed by atoms with Crippen molar-refractivity contribution in [2.45, 2.75) is 58.9 Å². The van der Waals surface area contributed by atoms with E-state index < -0.39 is 23.6 Å². The number of aliphatic imine (C=N–C) groups is 1. The molecule has 186 valence electrons. The van der Waals surface area contributed by atoms with Gasteiger partial charge in [-0.25, -0.2) is 10.1 Å². The van der Waals surface area contributed by atoms with Gasteiger partial charge in [-0.15, -0.1) is 0 Å². The van der Waals surface area contributed by atoms with Gasteiger partial charge in [0, 0.05) is 23.9 Å². The lowest BCUT2D eigenvalue weighted by atomic mass is 9.80. The lowest BCUT2D eigenvalue weighted by Crippen LogP contribution is -2.34. The Balaban J connectivity index is 1.83. The minimum Gasteiger partial charge on any atom is -0.469 e. The summed E-state index contributed by atoms with van der Waals surface area (Å²) in [6.45, 7) is 5.63. The normalized spacial score (nSPS) is 19.7. The monoisotopic (exact) mass is 483 g/mol. The van der Waals surface area contributed by atoms with Crippen LogP contribution in [0.2, 0.25) is 0 Å². The molecule has 2 aromatic rings. The molecule has 1 unspecified atom stereocenters. The van der Waals surface area contributed by atoms with Crippen molar-refractivity contribution in [2.75, 3.05) is 5.32 Å². The quantitative estimate of drug-likeness (QED) is 0.293. The van der Waals surface area contributed by atoms with Crippen molar-refractivity contribution in [3.63, 3.8) is 0 Å². The Morgan fingerprint density at radius 1 is 1.34 bits per heavy atom. The van der Waals surface area contributed by atoms with Gasteiger partial charge in [-0.3, -0.25) is 24.5 Å². The van der Waals surface area contributed by atoms with Crippen LogP contribution in [0.5, 0.6) is 0 Å². The van der Waals surface area contributed by atoms with Crippen molar-refractivity contribution in [2.24, 2.45) is 22.0 Å². The van der Waals surface area contributed by atoms with Crippen LogP contribution >= 0.6 is 0 Å². The Labute approximate surface area is 202 Å². The van der Waals surface area contributed by atoms with Crippen molar-refractivity contribution in [1.82, 2.24) is 20.0 Å². The largest absolute Gasteiger partial charge is 0.469 e. The highest BCUT2D eigenvalue weighted by Crippen LogP contribution is 2.30. The fourth-order valence-corrected chi connectivity index (χ4v) is 4.10. The van der Waals surface area contributed by atoms with Gasteiger partial charge >= 0.3 is 0 Å². The average Bonchev–Trinajstić information content (AvgIpc) is 3.32. The molecule has 1 aliphatic carbocycles. The zero-order valence-corrected chi connectivity index (χ0v) is 20.0. The summed E-state index contributed by atoms with van der Waals surface area (Å²) in [7, 11) is 0. The van der Waals surface area contributed by atoms with Gasteiger partial charge < -0.3 is 10.5 Å². The highest BCUT2D eigenvalue weighted by atomic mass is 16.4. The van der Waals surface area contributed by atoms with Gasteiger partial charge in [-0.1, -0.05) is 26.7 Å². The Bertz CT molecular complexity index is 1200. The summed E-state index contributed by atoms with van der Waals surface area (Å²) >= 11 is 0. The summed E-state index contributed by atoms with van der Waals surface area (Å²) in [5.41, 5.74) is 0.114. The maximum absolute atomic E-state index is 13.2. The minimum absolute atomic E-state index is 0.0112. The third-order valence-electron chi connectivity index (χ3n) is 6.29. The molecule has 0 aromatic carbocycles. The first-order chi connectivity index (χ1) is 16.7. The molecule has 5 N–H and O–H groups in total. The topological polar surface area (TPSA) is 181 Å². The van der Waals surface area contributed by atoms with Crippen LogP contribution in [0, 0.1) is 17.2 Å². The molecule has 35 heavy (non-hydrogen) atoms. The first-order valence-corrected chi connectivity index (χ1v) is 11.6. The summed E-state index contributed by atoms with van der Waals surface area (Å²) in [6, 6.07) is 1.20. The van der Waals surface area contributed by atoms with E-state index in [1.54, 1.807) is 30.8 Å². The SMILES string of the molecule is CC/C(=N/[OH2+])C(=N)C(=O)N=C(C(=O)Nc1cnn(C(C)c2ccn[nH]c2=O)c1)C1CCC(C)CC1. The molecule has 0 spiro atoms. The lowest BCUT2D eigenvalue weighted by Gasteiger charge is -2.26. The number of H-pyrrole nitrogens is 1. The predicted octanol–water partition coefficient (Wildman–Crippen LogP) is 1.82. The smallest absolute Gasteiger partial charge is 0.297 e. The number of aromatic amines is 1. The van der Waals surface area contributed by atoms with Crippen LogP contribution in [-0.2, 0) is 9.59 Å². The van der Waals surface area contributed by atoms with E-state index in [-0.39, 0.29) is 29.3 Å². The van der Waals surface area contributed by atoms with Crippen LogP contribution in [0.25, 0.3) is 0 Å². The summed E-state index contributed by atoms with van der Waals surface area (Å²) in [6.07, 6.45) is 8.01. The summed E-state index contributed by atoms with van der Waals surface area (Å²) in [5.74, 6) is -1.11. The van der Waals surface area contributed by atoms with E-state index in [1.165, 1.54) is 12.4 Å². The van der Waals surface area contributed by atoms with E-state index in [2.05, 4.69) is 37.7 Å². The molecule has 12 heteroatoms. The zero-order valence-electron chi connectivity index (χ0n) is 20.0. The Morgan fingerprint density at radius 3 is 2.69 bits per heavy atom. The fraction of sp³-hybridized carbons (Fsp3) is 0.478. The van der Waals surface area contributed by atoms with Gasteiger partial charge in [0.05, 0.1) is 23.1 Å².